The molecule has 8 N–H and O–H groups in total. The SMILES string of the molecule is CCCCC/C=C\C\C=C/C=C/C=C/[C@@H](SC[C@H](N)C(=O)O[C@H](COC(=O)CCCCCCCCC/C=C\C/C=C\CCCCC)COP(=O)(O)OC[C@@H](O)COP(=O)(O)O)[C@@H](O)CCCC(=O)O. The maximum absolute atomic E-state index is 13.2. The highest BCUT2D eigenvalue weighted by Crippen LogP contribution is 2.44. The number of carbonyl (C=O) groups excluding carboxylic acids is 2. The summed E-state index contributed by atoms with van der Waals surface area (Å²) >= 11 is 1.13. The van der Waals surface area contributed by atoms with Crippen LogP contribution in [0.2, 0.25) is 0 Å². The molecule has 6 atom stereocenters. The number of ether oxygens (including phenoxy) is 2. The minimum Gasteiger partial charge on any atom is -0.481 e. The summed E-state index contributed by atoms with van der Waals surface area (Å²) in [6.07, 6.45) is 39.4. The predicted molar refractivity (Wildman–Crippen MR) is 272 cm³/mol. The summed E-state index contributed by atoms with van der Waals surface area (Å²) in [4.78, 5) is 64.8. The van der Waals surface area contributed by atoms with Crippen LogP contribution in [0.1, 0.15) is 155 Å². The molecule has 0 aromatic carbocycles. The van der Waals surface area contributed by atoms with Gasteiger partial charge in [-0.2, -0.15) is 0 Å². The molecule has 0 heterocycles. The number of aliphatic hydroxyl groups excluding tert-OH is 2. The fraction of sp³-hybridized carbons (Fsp3) is 0.694. The van der Waals surface area contributed by atoms with Crippen molar-refractivity contribution in [1.29, 1.82) is 0 Å². The number of esters is 2. The third-order valence-electron chi connectivity index (χ3n) is 10.1. The highest BCUT2D eigenvalue weighted by molar-refractivity contribution is 8.00. The van der Waals surface area contributed by atoms with Crippen molar-refractivity contribution in [3.8, 4) is 0 Å². The number of allylic oxidation sites excluding steroid dienone is 11. The van der Waals surface area contributed by atoms with E-state index in [-0.39, 0.29) is 31.4 Å². The fourth-order valence-corrected chi connectivity index (χ4v) is 8.44. The first kappa shape index (κ1) is 66.3. The molecule has 17 nitrogen and oxygen atoms in total. The molecule has 20 heteroatoms. The van der Waals surface area contributed by atoms with Crippen LogP contribution in [-0.4, -0.2) is 110 Å². The van der Waals surface area contributed by atoms with Gasteiger partial charge in [0.25, 0.3) is 0 Å². The van der Waals surface area contributed by atoms with Crippen LogP contribution in [0.4, 0.5) is 0 Å². The minimum absolute atomic E-state index is 0.0737. The topological polar surface area (TPSA) is 279 Å². The monoisotopic (exact) mass is 1040 g/mol. The summed E-state index contributed by atoms with van der Waals surface area (Å²) < 4.78 is 48.1. The summed E-state index contributed by atoms with van der Waals surface area (Å²) in [6.45, 7) is 1.13. The van der Waals surface area contributed by atoms with E-state index in [4.69, 9.17) is 39.1 Å². The molecule has 0 bridgehead atoms. The Bertz CT molecular complexity index is 1620. The number of hydrogen-bond donors (Lipinski definition) is 7. The van der Waals surface area contributed by atoms with E-state index < -0.39 is 89.6 Å². The molecule has 0 aromatic heterocycles. The zero-order valence-electron chi connectivity index (χ0n) is 41.1. The van der Waals surface area contributed by atoms with E-state index in [2.05, 4.69) is 54.8 Å². The highest BCUT2D eigenvalue weighted by atomic mass is 32.2. The first-order valence-corrected chi connectivity index (χ1v) is 28.6. The number of carboxylic acids is 1. The maximum Gasteiger partial charge on any atom is 0.472 e. The van der Waals surface area contributed by atoms with Crippen molar-refractivity contribution in [2.45, 2.75) is 185 Å². The van der Waals surface area contributed by atoms with Gasteiger partial charge in [0.15, 0.2) is 6.10 Å². The number of hydrogen-bond acceptors (Lipinski definition) is 14. The second-order valence-electron chi connectivity index (χ2n) is 16.6. The number of nitrogens with two attached hydrogens (primary N) is 1. The van der Waals surface area contributed by atoms with Crippen molar-refractivity contribution in [2.24, 2.45) is 5.73 Å². The van der Waals surface area contributed by atoms with Crippen LogP contribution in [0.25, 0.3) is 0 Å². The van der Waals surface area contributed by atoms with Crippen LogP contribution >= 0.6 is 27.4 Å². The number of rotatable bonds is 46. The average Bonchev–Trinajstić information content (AvgIpc) is 3.30. The molecule has 0 rings (SSSR count). The van der Waals surface area contributed by atoms with E-state index >= 15 is 0 Å². The molecule has 0 aliphatic carbocycles. The van der Waals surface area contributed by atoms with Crippen molar-refractivity contribution >= 4 is 45.3 Å². The Morgan fingerprint density at radius 2 is 1.16 bits per heavy atom. The number of unbranched alkanes of at least 4 members (excludes halogenated alkanes) is 13. The Hall–Kier alpha value is -2.70. The Morgan fingerprint density at radius 3 is 1.75 bits per heavy atom. The Balaban J connectivity index is 5.34. The lowest BCUT2D eigenvalue weighted by atomic mass is 10.1. The molecule has 0 spiro atoms. The van der Waals surface area contributed by atoms with E-state index in [1.54, 1.807) is 18.2 Å². The number of aliphatic hydroxyl groups is 2. The molecule has 398 valence electrons. The van der Waals surface area contributed by atoms with Crippen LogP contribution in [0.5, 0.6) is 0 Å². The van der Waals surface area contributed by atoms with Crippen LogP contribution < -0.4 is 5.73 Å². The third kappa shape index (κ3) is 44.9. The van der Waals surface area contributed by atoms with Gasteiger partial charge in [0.2, 0.25) is 0 Å². The summed E-state index contributed by atoms with van der Waals surface area (Å²) in [5, 5.41) is 29.3. The number of carbonyl (C=O) groups is 3. The molecule has 69 heavy (non-hydrogen) atoms. The number of carboxylic acid groups (broad SMARTS) is 1. The molecule has 0 saturated heterocycles. The first-order chi connectivity index (χ1) is 33.0. The molecule has 0 aliphatic rings. The van der Waals surface area contributed by atoms with Gasteiger partial charge in [0.1, 0.15) is 18.8 Å². The molecular weight excluding hydrogens is 953 g/mol. The van der Waals surface area contributed by atoms with Gasteiger partial charge in [-0.05, 0) is 70.6 Å². The maximum atomic E-state index is 13.2. The first-order valence-electron chi connectivity index (χ1n) is 24.6. The van der Waals surface area contributed by atoms with Crippen molar-refractivity contribution in [2.75, 3.05) is 32.2 Å². The molecule has 0 amide bonds. The zero-order valence-corrected chi connectivity index (χ0v) is 43.7. The highest BCUT2D eigenvalue weighted by Gasteiger charge is 2.30. The van der Waals surface area contributed by atoms with Crippen molar-refractivity contribution in [3.63, 3.8) is 0 Å². The standard InChI is InChI=1S/C49H85NO16P2S/c1-3-5-7-9-11-13-15-17-18-19-20-21-23-25-27-29-31-36-48(55)62-39-43(40-65-68(60,61)64-38-42(51)37-63-67(57,58)59)66-49(56)44(50)41-69-46(45(52)33-32-35-47(53)54)34-30-28-26-24-22-16-14-12-10-8-6-4-2/h11-14,17-18,22,24,26,28,30,34,42-46,51-52H,3-10,15-16,19-21,23,25,27,29,31-33,35-41,50H2,1-2H3,(H,53,54)(H,60,61)(H2,57,58,59)/b13-11-,14-12-,18-17-,24-22-,28-26+,34-30+/t42-,43+,44-,45-,46+/m0/s1. The smallest absolute Gasteiger partial charge is 0.472 e. The van der Waals surface area contributed by atoms with Crippen molar-refractivity contribution in [3.05, 3.63) is 72.9 Å². The summed E-state index contributed by atoms with van der Waals surface area (Å²) in [5.74, 6) is -2.65. The Morgan fingerprint density at radius 1 is 0.623 bits per heavy atom. The van der Waals surface area contributed by atoms with Crippen LogP contribution in [0.15, 0.2) is 72.9 Å². The fourth-order valence-electron chi connectivity index (χ4n) is 6.15. The van der Waals surface area contributed by atoms with E-state index in [1.165, 1.54) is 38.5 Å². The predicted octanol–water partition coefficient (Wildman–Crippen LogP) is 9.88. The van der Waals surface area contributed by atoms with Crippen LogP contribution in [-0.2, 0) is 46.6 Å². The van der Waals surface area contributed by atoms with E-state index in [1.807, 2.05) is 18.2 Å². The third-order valence-corrected chi connectivity index (χ3v) is 12.9. The van der Waals surface area contributed by atoms with Crippen LogP contribution in [0.3, 0.4) is 0 Å². The summed E-state index contributed by atoms with van der Waals surface area (Å²) in [6, 6.07) is -1.30. The van der Waals surface area contributed by atoms with Gasteiger partial charge in [-0.3, -0.25) is 28.0 Å². The summed E-state index contributed by atoms with van der Waals surface area (Å²) in [5.41, 5.74) is 6.19. The normalized spacial score (nSPS) is 15.7. The Kier molecular flexibility index (Phi) is 42.3. The zero-order chi connectivity index (χ0) is 51.4. The number of aliphatic carboxylic acids is 1. The van der Waals surface area contributed by atoms with Gasteiger partial charge in [-0.1, -0.05) is 145 Å². The molecular formula is C49H85NO16P2S. The van der Waals surface area contributed by atoms with Crippen molar-refractivity contribution in [1.82, 2.24) is 0 Å². The second kappa shape index (κ2) is 44.0. The van der Waals surface area contributed by atoms with E-state index in [9.17, 15) is 38.6 Å². The average molecular weight is 1040 g/mol. The lowest BCUT2D eigenvalue weighted by Gasteiger charge is -2.23. The van der Waals surface area contributed by atoms with Crippen molar-refractivity contribution < 1.29 is 76.6 Å². The van der Waals surface area contributed by atoms with Gasteiger partial charge in [-0.25, -0.2) is 9.13 Å². The van der Waals surface area contributed by atoms with Gasteiger partial charge in [-0.15, -0.1) is 11.8 Å². The molecule has 0 fully saturated rings. The molecule has 0 radical (unpaired) electrons. The minimum atomic E-state index is -4.98. The van der Waals surface area contributed by atoms with Crippen LogP contribution in [0, 0.1) is 0 Å². The molecule has 1 unspecified atom stereocenters. The lowest BCUT2D eigenvalue weighted by molar-refractivity contribution is -0.161. The largest absolute Gasteiger partial charge is 0.481 e. The van der Waals surface area contributed by atoms with E-state index in [0.717, 1.165) is 82.4 Å². The lowest BCUT2D eigenvalue weighted by Crippen LogP contribution is -2.40. The van der Waals surface area contributed by atoms with Gasteiger partial charge in [0.05, 0.1) is 25.9 Å². The van der Waals surface area contributed by atoms with E-state index in [0.29, 0.717) is 6.42 Å². The van der Waals surface area contributed by atoms with Gasteiger partial charge in [0, 0.05) is 23.8 Å². The molecule has 0 aliphatic heterocycles. The Labute approximate surface area is 415 Å². The quantitative estimate of drug-likeness (QED) is 0.00981. The molecule has 0 aromatic rings. The number of phosphoric acid groups is 2. The number of thioether (sulfide) groups is 1. The van der Waals surface area contributed by atoms with Gasteiger partial charge >= 0.3 is 33.6 Å². The second-order valence-corrected chi connectivity index (χ2v) is 20.5. The number of phosphoric ester groups is 2. The molecule has 0 saturated carbocycles. The summed E-state index contributed by atoms with van der Waals surface area (Å²) in [7, 11) is -9.91. The van der Waals surface area contributed by atoms with Gasteiger partial charge < -0.3 is 45.2 Å².